The van der Waals surface area contributed by atoms with Gasteiger partial charge in [-0.25, -0.2) is 0 Å². The third-order valence-electron chi connectivity index (χ3n) is 3.43. The van der Waals surface area contributed by atoms with Crippen LogP contribution in [0.2, 0.25) is 0 Å². The first kappa shape index (κ1) is 12.7. The lowest BCUT2D eigenvalue weighted by Gasteiger charge is -2.17. The molecule has 2 rings (SSSR count). The summed E-state index contributed by atoms with van der Waals surface area (Å²) in [6, 6.07) is 5.17. The van der Waals surface area contributed by atoms with E-state index in [0.717, 1.165) is 12.8 Å². The van der Waals surface area contributed by atoms with Crippen molar-refractivity contribution >= 4 is 17.1 Å². The average molecular weight is 249 g/mol. The zero-order valence-electron chi connectivity index (χ0n) is 10.4. The molecule has 0 radical (unpaired) electrons. The van der Waals surface area contributed by atoms with E-state index in [2.05, 4.69) is 5.32 Å². The highest BCUT2D eigenvalue weighted by Crippen LogP contribution is 2.29. The van der Waals surface area contributed by atoms with E-state index in [0.29, 0.717) is 17.4 Å². The van der Waals surface area contributed by atoms with E-state index in [4.69, 9.17) is 5.73 Å². The Kier molecular flexibility index (Phi) is 4.02. The highest BCUT2D eigenvalue weighted by atomic mass is 16.6. The Morgan fingerprint density at radius 1 is 1.22 bits per heavy atom. The predicted octanol–water partition coefficient (Wildman–Crippen LogP) is 3.31. The number of nitrogens with zero attached hydrogens (tertiary/aromatic N) is 1. The van der Waals surface area contributed by atoms with Gasteiger partial charge in [0.25, 0.3) is 5.69 Å². The molecule has 3 N–H and O–H groups in total. The Bertz CT molecular complexity index is 426. The molecule has 18 heavy (non-hydrogen) atoms. The SMILES string of the molecule is Nc1ccc(NC2CCCCCC2)c([N+](=O)[O-])c1. The highest BCUT2D eigenvalue weighted by Gasteiger charge is 2.18. The Morgan fingerprint density at radius 3 is 2.50 bits per heavy atom. The summed E-state index contributed by atoms with van der Waals surface area (Å²) in [5.74, 6) is 0. The number of hydrogen-bond acceptors (Lipinski definition) is 4. The van der Waals surface area contributed by atoms with Gasteiger partial charge in [0, 0.05) is 17.8 Å². The van der Waals surface area contributed by atoms with Gasteiger partial charge in [0.1, 0.15) is 5.69 Å². The van der Waals surface area contributed by atoms with Crippen LogP contribution in [0.25, 0.3) is 0 Å². The summed E-state index contributed by atoms with van der Waals surface area (Å²) in [7, 11) is 0. The third kappa shape index (κ3) is 3.12. The molecule has 0 aromatic heterocycles. The molecule has 0 heterocycles. The van der Waals surface area contributed by atoms with E-state index in [1.54, 1.807) is 12.1 Å². The minimum absolute atomic E-state index is 0.0687. The van der Waals surface area contributed by atoms with Crippen molar-refractivity contribution in [3.63, 3.8) is 0 Å². The summed E-state index contributed by atoms with van der Waals surface area (Å²) in [6.45, 7) is 0. The first-order valence-electron chi connectivity index (χ1n) is 6.47. The van der Waals surface area contributed by atoms with Crippen LogP contribution in [0.1, 0.15) is 38.5 Å². The molecule has 1 saturated carbocycles. The smallest absolute Gasteiger partial charge is 0.294 e. The number of rotatable bonds is 3. The summed E-state index contributed by atoms with van der Waals surface area (Å²) in [5.41, 5.74) is 6.67. The van der Waals surface area contributed by atoms with E-state index in [1.807, 2.05) is 0 Å². The van der Waals surface area contributed by atoms with Crippen molar-refractivity contribution in [2.24, 2.45) is 0 Å². The van der Waals surface area contributed by atoms with Gasteiger partial charge in [-0.3, -0.25) is 10.1 Å². The number of nitro groups is 1. The maximum absolute atomic E-state index is 11.0. The minimum Gasteiger partial charge on any atom is -0.399 e. The molecular weight excluding hydrogens is 230 g/mol. The molecule has 5 heteroatoms. The summed E-state index contributed by atoms with van der Waals surface area (Å²) < 4.78 is 0. The van der Waals surface area contributed by atoms with Crippen molar-refractivity contribution in [2.75, 3.05) is 11.1 Å². The number of hydrogen-bond donors (Lipinski definition) is 2. The van der Waals surface area contributed by atoms with Gasteiger partial charge >= 0.3 is 0 Å². The van der Waals surface area contributed by atoms with E-state index in [9.17, 15) is 10.1 Å². The molecule has 0 bridgehead atoms. The van der Waals surface area contributed by atoms with Gasteiger partial charge in [-0.2, -0.15) is 0 Å². The van der Waals surface area contributed by atoms with Crippen LogP contribution < -0.4 is 11.1 Å². The first-order chi connectivity index (χ1) is 8.66. The van der Waals surface area contributed by atoms with Crippen molar-refractivity contribution in [3.8, 4) is 0 Å². The number of nitrogens with two attached hydrogens (primary N) is 1. The molecule has 0 spiro atoms. The van der Waals surface area contributed by atoms with Gasteiger partial charge < -0.3 is 11.1 Å². The molecule has 0 amide bonds. The zero-order chi connectivity index (χ0) is 13.0. The molecule has 0 unspecified atom stereocenters. The fourth-order valence-electron chi connectivity index (χ4n) is 2.47. The molecule has 1 aliphatic rings. The number of nitrogen functional groups attached to an aromatic ring is 1. The molecule has 0 atom stereocenters. The van der Waals surface area contributed by atoms with Gasteiger partial charge in [0.05, 0.1) is 4.92 Å². The quantitative estimate of drug-likeness (QED) is 0.372. The Hall–Kier alpha value is -1.78. The number of anilines is 2. The second-order valence-corrected chi connectivity index (χ2v) is 4.87. The normalized spacial score (nSPS) is 17.1. The monoisotopic (exact) mass is 249 g/mol. The second kappa shape index (κ2) is 5.71. The Labute approximate surface area is 107 Å². The van der Waals surface area contributed by atoms with Crippen LogP contribution in [-0.4, -0.2) is 11.0 Å². The molecule has 0 saturated heterocycles. The molecule has 1 aromatic carbocycles. The van der Waals surface area contributed by atoms with Crippen molar-refractivity contribution in [2.45, 2.75) is 44.6 Å². The third-order valence-corrected chi connectivity index (χ3v) is 3.43. The van der Waals surface area contributed by atoms with Crippen LogP contribution in [-0.2, 0) is 0 Å². The highest BCUT2D eigenvalue weighted by molar-refractivity contribution is 5.67. The fraction of sp³-hybridized carbons (Fsp3) is 0.538. The van der Waals surface area contributed by atoms with Gasteiger partial charge in [-0.15, -0.1) is 0 Å². The van der Waals surface area contributed by atoms with Gasteiger partial charge in [-0.1, -0.05) is 25.7 Å². The molecule has 0 aliphatic heterocycles. The molecule has 1 aromatic rings. The van der Waals surface area contributed by atoms with Crippen LogP contribution in [0.5, 0.6) is 0 Å². The fourth-order valence-corrected chi connectivity index (χ4v) is 2.47. The van der Waals surface area contributed by atoms with Gasteiger partial charge in [-0.05, 0) is 25.0 Å². The van der Waals surface area contributed by atoms with Crippen molar-refractivity contribution in [3.05, 3.63) is 28.3 Å². The minimum atomic E-state index is -0.380. The Balaban J connectivity index is 2.14. The van der Waals surface area contributed by atoms with Gasteiger partial charge in [0.15, 0.2) is 0 Å². The number of nitro benzene ring substituents is 1. The lowest BCUT2D eigenvalue weighted by atomic mass is 10.1. The maximum atomic E-state index is 11.0. The first-order valence-corrected chi connectivity index (χ1v) is 6.47. The van der Waals surface area contributed by atoms with Crippen LogP contribution in [0, 0.1) is 10.1 Å². The summed E-state index contributed by atoms with van der Waals surface area (Å²) in [5, 5.41) is 14.3. The molecule has 98 valence electrons. The summed E-state index contributed by atoms with van der Waals surface area (Å²) >= 11 is 0. The average Bonchev–Trinajstić information content (AvgIpc) is 2.60. The van der Waals surface area contributed by atoms with Crippen LogP contribution in [0.4, 0.5) is 17.1 Å². The molecule has 5 nitrogen and oxygen atoms in total. The lowest BCUT2D eigenvalue weighted by Crippen LogP contribution is -2.19. The van der Waals surface area contributed by atoms with Gasteiger partial charge in [0.2, 0.25) is 0 Å². The van der Waals surface area contributed by atoms with Crippen molar-refractivity contribution in [1.82, 2.24) is 0 Å². The maximum Gasteiger partial charge on any atom is 0.294 e. The van der Waals surface area contributed by atoms with E-state index < -0.39 is 0 Å². The lowest BCUT2D eigenvalue weighted by molar-refractivity contribution is -0.383. The van der Waals surface area contributed by atoms with E-state index in [1.165, 1.54) is 31.7 Å². The van der Waals surface area contributed by atoms with Crippen LogP contribution in [0.15, 0.2) is 18.2 Å². The van der Waals surface area contributed by atoms with Crippen LogP contribution >= 0.6 is 0 Å². The van der Waals surface area contributed by atoms with Crippen LogP contribution in [0.3, 0.4) is 0 Å². The topological polar surface area (TPSA) is 81.2 Å². The standard InChI is InChI=1S/C13H19N3O2/c14-10-7-8-12(13(9-10)16(17)18)15-11-5-3-1-2-4-6-11/h7-9,11,15H,1-6,14H2. The molecule has 1 aliphatic carbocycles. The van der Waals surface area contributed by atoms with E-state index >= 15 is 0 Å². The molecule has 1 fully saturated rings. The summed E-state index contributed by atoms with van der Waals surface area (Å²) in [6.07, 6.45) is 7.09. The largest absolute Gasteiger partial charge is 0.399 e. The second-order valence-electron chi connectivity index (χ2n) is 4.87. The Morgan fingerprint density at radius 2 is 1.89 bits per heavy atom. The van der Waals surface area contributed by atoms with E-state index in [-0.39, 0.29) is 10.6 Å². The van der Waals surface area contributed by atoms with Crippen molar-refractivity contribution in [1.29, 1.82) is 0 Å². The molecular formula is C13H19N3O2. The zero-order valence-corrected chi connectivity index (χ0v) is 10.4. The predicted molar refractivity (Wildman–Crippen MR) is 72.6 cm³/mol. The summed E-state index contributed by atoms with van der Waals surface area (Å²) in [4.78, 5) is 10.6. The number of benzene rings is 1. The number of nitrogens with one attached hydrogen (secondary N) is 1. The van der Waals surface area contributed by atoms with Crippen molar-refractivity contribution < 1.29 is 4.92 Å².